The Kier molecular flexibility index (Phi) is 4.46. The number of aryl methyl sites for hydroxylation is 1. The van der Waals surface area contributed by atoms with E-state index in [1.54, 1.807) is 4.68 Å². The summed E-state index contributed by atoms with van der Waals surface area (Å²) in [6, 6.07) is 10.4. The molecule has 0 saturated heterocycles. The molecule has 0 unspecified atom stereocenters. The molecule has 0 saturated carbocycles. The molecule has 1 aromatic heterocycles. The summed E-state index contributed by atoms with van der Waals surface area (Å²) in [5.74, 6) is 0.445. The second kappa shape index (κ2) is 6.11. The molecule has 0 aliphatic rings. The van der Waals surface area contributed by atoms with Gasteiger partial charge < -0.3 is 0 Å². The van der Waals surface area contributed by atoms with E-state index < -0.39 is 0 Å². The van der Waals surface area contributed by atoms with Gasteiger partial charge >= 0.3 is 0 Å². The third kappa shape index (κ3) is 3.20. The Balaban J connectivity index is 2.33. The van der Waals surface area contributed by atoms with Gasteiger partial charge in [-0.15, -0.1) is 0 Å². The average molecular weight is 288 g/mol. The summed E-state index contributed by atoms with van der Waals surface area (Å²) in [5, 5.41) is 14.2. The van der Waals surface area contributed by atoms with Gasteiger partial charge in [0.15, 0.2) is 0 Å². The lowest BCUT2D eigenvalue weighted by molar-refractivity contribution is 0.608. The maximum absolute atomic E-state index is 9.25. The van der Waals surface area contributed by atoms with Crippen LogP contribution < -0.4 is 0 Å². The van der Waals surface area contributed by atoms with Gasteiger partial charge in [0.2, 0.25) is 0 Å². The average Bonchev–Trinajstić information content (AvgIpc) is 2.64. The lowest BCUT2D eigenvalue weighted by Gasteiger charge is -2.04. The Morgan fingerprint density at radius 2 is 2.15 bits per heavy atom. The van der Waals surface area contributed by atoms with E-state index in [1.807, 2.05) is 12.1 Å². The highest BCUT2D eigenvalue weighted by Gasteiger charge is 2.17. The van der Waals surface area contributed by atoms with E-state index in [4.69, 9.17) is 11.6 Å². The minimum atomic E-state index is 0.435. The van der Waals surface area contributed by atoms with Crippen LogP contribution in [0.15, 0.2) is 24.3 Å². The molecular weight excluding hydrogens is 270 g/mol. The number of benzene rings is 1. The molecule has 0 bridgehead atoms. The molecular formula is C16H18ClN3. The van der Waals surface area contributed by atoms with Crippen LogP contribution in [-0.2, 0) is 13.0 Å². The molecule has 2 aromatic rings. The minimum absolute atomic E-state index is 0.435. The van der Waals surface area contributed by atoms with Crippen molar-refractivity contribution >= 4 is 11.6 Å². The largest absolute Gasteiger partial charge is 0.248 e. The zero-order valence-corrected chi connectivity index (χ0v) is 12.8. The first-order valence-corrected chi connectivity index (χ1v) is 7.10. The van der Waals surface area contributed by atoms with Gasteiger partial charge in [-0.2, -0.15) is 10.4 Å². The van der Waals surface area contributed by atoms with E-state index in [1.165, 1.54) is 5.56 Å². The monoisotopic (exact) mass is 287 g/mol. The maximum Gasteiger partial charge on any atom is 0.145 e. The highest BCUT2D eigenvalue weighted by atomic mass is 35.5. The number of aromatic nitrogens is 2. The molecule has 1 aromatic carbocycles. The molecule has 4 heteroatoms. The number of nitriles is 1. The molecule has 0 aliphatic heterocycles. The molecule has 0 spiro atoms. The van der Waals surface area contributed by atoms with Crippen LogP contribution in [0.2, 0.25) is 5.15 Å². The fourth-order valence-corrected chi connectivity index (χ4v) is 2.47. The van der Waals surface area contributed by atoms with E-state index in [0.29, 0.717) is 23.2 Å². The lowest BCUT2D eigenvalue weighted by atomic mass is 10.1. The Morgan fingerprint density at radius 1 is 1.40 bits per heavy atom. The van der Waals surface area contributed by atoms with Crippen molar-refractivity contribution in [1.29, 1.82) is 5.26 Å². The third-order valence-corrected chi connectivity index (χ3v) is 3.48. The van der Waals surface area contributed by atoms with Crippen LogP contribution in [0.25, 0.3) is 0 Å². The zero-order chi connectivity index (χ0) is 14.7. The topological polar surface area (TPSA) is 41.6 Å². The van der Waals surface area contributed by atoms with Gasteiger partial charge in [-0.3, -0.25) is 0 Å². The first kappa shape index (κ1) is 14.6. The van der Waals surface area contributed by atoms with Crippen molar-refractivity contribution < 1.29 is 0 Å². The predicted octanol–water partition coefficient (Wildman–Crippen LogP) is 3.96. The summed E-state index contributed by atoms with van der Waals surface area (Å²) >= 11 is 6.28. The molecule has 1 heterocycles. The smallest absolute Gasteiger partial charge is 0.145 e. The first-order valence-electron chi connectivity index (χ1n) is 6.72. The molecule has 0 atom stereocenters. The quantitative estimate of drug-likeness (QED) is 0.854. The van der Waals surface area contributed by atoms with Crippen LogP contribution >= 0.6 is 11.6 Å². The van der Waals surface area contributed by atoms with Crippen LogP contribution in [0.1, 0.15) is 36.2 Å². The number of hydrogen-bond acceptors (Lipinski definition) is 2. The summed E-state index contributed by atoms with van der Waals surface area (Å²) in [6.45, 7) is 6.86. The van der Waals surface area contributed by atoms with Crippen molar-refractivity contribution in [2.24, 2.45) is 5.92 Å². The highest BCUT2D eigenvalue weighted by Crippen LogP contribution is 2.22. The van der Waals surface area contributed by atoms with Gasteiger partial charge in [0.25, 0.3) is 0 Å². The Morgan fingerprint density at radius 3 is 2.75 bits per heavy atom. The maximum atomic E-state index is 9.25. The lowest BCUT2D eigenvalue weighted by Crippen LogP contribution is -2.03. The fourth-order valence-electron chi connectivity index (χ4n) is 2.22. The molecule has 104 valence electrons. The number of halogens is 1. The second-order valence-electron chi connectivity index (χ2n) is 5.47. The summed E-state index contributed by atoms with van der Waals surface area (Å²) in [7, 11) is 0. The molecule has 0 fully saturated rings. The molecule has 20 heavy (non-hydrogen) atoms. The van der Waals surface area contributed by atoms with Crippen molar-refractivity contribution in [1.82, 2.24) is 9.78 Å². The highest BCUT2D eigenvalue weighted by molar-refractivity contribution is 6.30. The number of hydrogen-bond donors (Lipinski definition) is 0. The van der Waals surface area contributed by atoms with E-state index in [2.05, 4.69) is 44.1 Å². The standard InChI is InChI=1S/C16H18ClN3/c1-11(2)7-15-14(9-18)16(17)20(19-15)10-13-6-4-5-12(3)8-13/h4-6,8,11H,7,10H2,1-3H3. The minimum Gasteiger partial charge on any atom is -0.248 e. The zero-order valence-electron chi connectivity index (χ0n) is 12.0. The van der Waals surface area contributed by atoms with Crippen molar-refractivity contribution in [3.63, 3.8) is 0 Å². The molecule has 0 amide bonds. The summed E-state index contributed by atoms with van der Waals surface area (Å²) in [5.41, 5.74) is 3.64. The fraction of sp³-hybridized carbons (Fsp3) is 0.375. The molecule has 0 N–H and O–H groups in total. The Hall–Kier alpha value is -1.79. The van der Waals surface area contributed by atoms with Crippen LogP contribution in [0.4, 0.5) is 0 Å². The van der Waals surface area contributed by atoms with Gasteiger partial charge in [0.1, 0.15) is 16.8 Å². The first-order chi connectivity index (χ1) is 9.51. The predicted molar refractivity (Wildman–Crippen MR) is 80.8 cm³/mol. The summed E-state index contributed by atoms with van der Waals surface area (Å²) in [6.07, 6.45) is 0.767. The SMILES string of the molecule is Cc1cccc(Cn2nc(CC(C)C)c(C#N)c2Cl)c1. The van der Waals surface area contributed by atoms with Crippen molar-refractivity contribution in [3.05, 3.63) is 51.8 Å². The van der Waals surface area contributed by atoms with Gasteiger partial charge in [-0.1, -0.05) is 55.3 Å². The summed E-state index contributed by atoms with van der Waals surface area (Å²) in [4.78, 5) is 0. The molecule has 0 aliphatic carbocycles. The van der Waals surface area contributed by atoms with E-state index in [0.717, 1.165) is 17.7 Å². The van der Waals surface area contributed by atoms with Crippen LogP contribution in [0, 0.1) is 24.2 Å². The molecule has 0 radical (unpaired) electrons. The van der Waals surface area contributed by atoms with E-state index >= 15 is 0 Å². The summed E-state index contributed by atoms with van der Waals surface area (Å²) < 4.78 is 1.71. The number of rotatable bonds is 4. The van der Waals surface area contributed by atoms with Crippen LogP contribution in [0.3, 0.4) is 0 Å². The van der Waals surface area contributed by atoms with Gasteiger partial charge in [-0.05, 0) is 24.8 Å². The van der Waals surface area contributed by atoms with Gasteiger partial charge in [0, 0.05) is 0 Å². The Bertz CT molecular complexity index is 650. The van der Waals surface area contributed by atoms with Crippen LogP contribution in [-0.4, -0.2) is 9.78 Å². The van der Waals surface area contributed by atoms with Crippen LogP contribution in [0.5, 0.6) is 0 Å². The van der Waals surface area contributed by atoms with Crippen molar-refractivity contribution in [2.75, 3.05) is 0 Å². The van der Waals surface area contributed by atoms with E-state index in [9.17, 15) is 5.26 Å². The van der Waals surface area contributed by atoms with Crippen molar-refractivity contribution in [3.8, 4) is 6.07 Å². The normalized spacial score (nSPS) is 10.8. The molecule has 2 rings (SSSR count). The second-order valence-corrected chi connectivity index (χ2v) is 5.83. The molecule has 3 nitrogen and oxygen atoms in total. The van der Waals surface area contributed by atoms with Gasteiger partial charge in [-0.25, -0.2) is 4.68 Å². The number of nitrogens with zero attached hydrogens (tertiary/aromatic N) is 3. The van der Waals surface area contributed by atoms with Gasteiger partial charge in [0.05, 0.1) is 12.2 Å². The van der Waals surface area contributed by atoms with Crippen molar-refractivity contribution in [2.45, 2.75) is 33.7 Å². The van der Waals surface area contributed by atoms with E-state index in [-0.39, 0.29) is 0 Å². The Labute approximate surface area is 124 Å². The third-order valence-electron chi connectivity index (χ3n) is 3.09.